The molecule has 4 aromatic carbocycles. The molecule has 0 fully saturated rings. The average molecular weight is 537 g/mol. The summed E-state index contributed by atoms with van der Waals surface area (Å²) in [5.74, 6) is 0. The summed E-state index contributed by atoms with van der Waals surface area (Å²) in [6.07, 6.45) is 0. The first-order valence-corrected chi connectivity index (χ1v) is 13.0. The molecule has 1 aromatic heterocycles. The zero-order valence-corrected chi connectivity index (χ0v) is 22.3. The Balaban J connectivity index is 1.42. The highest BCUT2D eigenvalue weighted by atomic mass is 35.5. The predicted molar refractivity (Wildman–Crippen MR) is 156 cm³/mol. The molecular formula is C31H23BCl2N2O2. The van der Waals surface area contributed by atoms with E-state index in [0.29, 0.717) is 21.7 Å². The Bertz CT molecular complexity index is 1720. The van der Waals surface area contributed by atoms with E-state index in [4.69, 9.17) is 23.2 Å². The monoisotopic (exact) mass is 536 g/mol. The Labute approximate surface area is 231 Å². The highest BCUT2D eigenvalue weighted by Gasteiger charge is 2.35. The largest absolute Gasteiger partial charge is 0.488 e. The smallest absolute Gasteiger partial charge is 0.423 e. The molecule has 7 heteroatoms. The summed E-state index contributed by atoms with van der Waals surface area (Å²) in [6.45, 7) is 4.50. The predicted octanol–water partition coefficient (Wildman–Crippen LogP) is 6.77. The lowest BCUT2D eigenvalue weighted by atomic mass is 9.79. The second-order valence-electron chi connectivity index (χ2n) is 10.0. The number of fused-ring (bicyclic) bond motifs is 3. The molecule has 0 atom stereocenters. The number of aromatic nitrogens is 2. The topological polar surface area (TPSA) is 66.2 Å². The summed E-state index contributed by atoms with van der Waals surface area (Å²) in [4.78, 5) is 9.06. The van der Waals surface area contributed by atoms with Gasteiger partial charge in [-0.25, -0.2) is 9.97 Å². The van der Waals surface area contributed by atoms with E-state index in [-0.39, 0.29) is 10.7 Å². The lowest BCUT2D eigenvalue weighted by Gasteiger charge is -2.21. The van der Waals surface area contributed by atoms with Gasteiger partial charge in [-0.3, -0.25) is 0 Å². The van der Waals surface area contributed by atoms with Gasteiger partial charge in [0.1, 0.15) is 0 Å². The second kappa shape index (κ2) is 9.37. The lowest BCUT2D eigenvalue weighted by Crippen LogP contribution is -2.29. The van der Waals surface area contributed by atoms with E-state index >= 15 is 0 Å². The maximum atomic E-state index is 9.61. The highest BCUT2D eigenvalue weighted by molar-refractivity contribution is 6.58. The summed E-state index contributed by atoms with van der Waals surface area (Å²) >= 11 is 12.9. The molecule has 0 bridgehead atoms. The van der Waals surface area contributed by atoms with Crippen molar-refractivity contribution in [1.29, 1.82) is 0 Å². The van der Waals surface area contributed by atoms with E-state index in [1.54, 1.807) is 18.2 Å². The normalized spacial score (nSPS) is 13.2. The van der Waals surface area contributed by atoms with Gasteiger partial charge in [0.2, 0.25) is 5.28 Å². The summed E-state index contributed by atoms with van der Waals surface area (Å²) in [6, 6.07) is 29.6. The second-order valence-corrected chi connectivity index (χ2v) is 10.8. The third kappa shape index (κ3) is 4.22. The van der Waals surface area contributed by atoms with Crippen LogP contribution in [-0.2, 0) is 5.41 Å². The van der Waals surface area contributed by atoms with Gasteiger partial charge in [0, 0.05) is 21.6 Å². The summed E-state index contributed by atoms with van der Waals surface area (Å²) < 4.78 is 0. The molecule has 0 saturated carbocycles. The van der Waals surface area contributed by atoms with Crippen LogP contribution in [0.5, 0.6) is 0 Å². The molecule has 1 aliphatic carbocycles. The van der Waals surface area contributed by atoms with Gasteiger partial charge in [-0.1, -0.05) is 92.2 Å². The molecule has 186 valence electrons. The number of hydrogen-bond donors (Lipinski definition) is 2. The van der Waals surface area contributed by atoms with E-state index in [0.717, 1.165) is 22.4 Å². The fourth-order valence-corrected chi connectivity index (χ4v) is 5.76. The Morgan fingerprint density at radius 2 is 1.32 bits per heavy atom. The van der Waals surface area contributed by atoms with Crippen molar-refractivity contribution < 1.29 is 10.0 Å². The molecule has 1 aliphatic rings. The minimum Gasteiger partial charge on any atom is -0.423 e. The lowest BCUT2D eigenvalue weighted by molar-refractivity contribution is 0.426. The maximum Gasteiger partial charge on any atom is 0.488 e. The van der Waals surface area contributed by atoms with Crippen molar-refractivity contribution in [1.82, 2.24) is 9.97 Å². The number of benzene rings is 4. The molecule has 0 unspecified atom stereocenters. The van der Waals surface area contributed by atoms with Gasteiger partial charge in [-0.2, -0.15) is 0 Å². The maximum absolute atomic E-state index is 9.61. The van der Waals surface area contributed by atoms with Gasteiger partial charge in [0.15, 0.2) is 0 Å². The van der Waals surface area contributed by atoms with Gasteiger partial charge in [-0.05, 0) is 74.7 Å². The van der Waals surface area contributed by atoms with E-state index in [1.807, 2.05) is 30.3 Å². The van der Waals surface area contributed by atoms with E-state index in [2.05, 4.69) is 66.3 Å². The van der Waals surface area contributed by atoms with Gasteiger partial charge < -0.3 is 10.0 Å². The molecule has 0 radical (unpaired) electrons. The van der Waals surface area contributed by atoms with E-state index in [1.165, 1.54) is 22.3 Å². The fourth-order valence-electron chi connectivity index (χ4n) is 5.35. The first kappa shape index (κ1) is 24.8. The Kier molecular flexibility index (Phi) is 6.12. The quantitative estimate of drug-likeness (QED) is 0.196. The van der Waals surface area contributed by atoms with Crippen LogP contribution in [0, 0.1) is 0 Å². The van der Waals surface area contributed by atoms with Crippen molar-refractivity contribution in [2.75, 3.05) is 0 Å². The average Bonchev–Trinajstić information content (AvgIpc) is 3.15. The van der Waals surface area contributed by atoms with Crippen LogP contribution < -0.4 is 5.46 Å². The van der Waals surface area contributed by atoms with Crippen LogP contribution in [-0.4, -0.2) is 27.1 Å². The number of rotatable bonds is 4. The van der Waals surface area contributed by atoms with Crippen molar-refractivity contribution in [3.05, 3.63) is 112 Å². The van der Waals surface area contributed by atoms with Crippen molar-refractivity contribution in [2.45, 2.75) is 19.3 Å². The third-order valence-corrected chi connectivity index (χ3v) is 7.83. The van der Waals surface area contributed by atoms with Crippen molar-refractivity contribution in [2.24, 2.45) is 0 Å². The molecule has 1 heterocycles. The van der Waals surface area contributed by atoms with Gasteiger partial charge in [0.05, 0.1) is 11.4 Å². The summed E-state index contributed by atoms with van der Waals surface area (Å²) in [5.41, 5.74) is 10.1. The SMILES string of the molecule is CC1(C)c2ccccc2-c2ccc(-c3cc(-c4cccc(-c5cc(B(O)O)ccc5Cl)c4)nc(Cl)n3)cc21. The van der Waals surface area contributed by atoms with Crippen LogP contribution in [0.2, 0.25) is 10.3 Å². The van der Waals surface area contributed by atoms with Crippen LogP contribution in [0.1, 0.15) is 25.0 Å². The molecular weight excluding hydrogens is 514 g/mol. The molecule has 2 N–H and O–H groups in total. The van der Waals surface area contributed by atoms with E-state index < -0.39 is 7.12 Å². The number of nitrogens with zero attached hydrogens (tertiary/aromatic N) is 2. The molecule has 38 heavy (non-hydrogen) atoms. The molecule has 0 spiro atoms. The van der Waals surface area contributed by atoms with Gasteiger partial charge >= 0.3 is 7.12 Å². The van der Waals surface area contributed by atoms with Gasteiger partial charge in [0.25, 0.3) is 0 Å². The third-order valence-electron chi connectivity index (χ3n) is 7.34. The minimum atomic E-state index is -1.58. The molecule has 0 aliphatic heterocycles. The standard InChI is InChI=1S/C31H23BCl2N2O2/c1-31(2)25-9-4-3-8-22(25)23-12-10-20(15-26(23)31)29-17-28(35-30(34)36-29)19-7-5-6-18(14-19)24-16-21(32(37)38)11-13-27(24)33/h3-17,37-38H,1-2H3. The van der Waals surface area contributed by atoms with E-state index in [9.17, 15) is 10.0 Å². The Hall–Kier alpha value is -3.48. The van der Waals surface area contributed by atoms with Crippen LogP contribution in [0.15, 0.2) is 91.0 Å². The molecule has 0 saturated heterocycles. The number of hydrogen-bond acceptors (Lipinski definition) is 4. The van der Waals surface area contributed by atoms with Crippen molar-refractivity contribution in [3.8, 4) is 44.8 Å². The Morgan fingerprint density at radius 1 is 0.632 bits per heavy atom. The van der Waals surface area contributed by atoms with Crippen LogP contribution in [0.25, 0.3) is 44.8 Å². The van der Waals surface area contributed by atoms with Crippen molar-refractivity contribution in [3.63, 3.8) is 0 Å². The van der Waals surface area contributed by atoms with Crippen molar-refractivity contribution >= 4 is 35.8 Å². The fraction of sp³-hybridized carbons (Fsp3) is 0.0968. The molecule has 0 amide bonds. The number of halogens is 2. The first-order chi connectivity index (χ1) is 18.2. The first-order valence-electron chi connectivity index (χ1n) is 12.3. The van der Waals surface area contributed by atoms with Crippen LogP contribution >= 0.6 is 23.2 Å². The van der Waals surface area contributed by atoms with Gasteiger partial charge in [-0.15, -0.1) is 0 Å². The van der Waals surface area contributed by atoms with Crippen LogP contribution in [0.4, 0.5) is 0 Å². The highest BCUT2D eigenvalue weighted by Crippen LogP contribution is 2.49. The minimum absolute atomic E-state index is 0.119. The Morgan fingerprint density at radius 3 is 2.08 bits per heavy atom. The zero-order chi connectivity index (χ0) is 26.6. The van der Waals surface area contributed by atoms with Crippen LogP contribution in [0.3, 0.4) is 0 Å². The summed E-state index contributed by atoms with van der Waals surface area (Å²) in [7, 11) is -1.58. The molecule has 4 nitrogen and oxygen atoms in total. The molecule has 5 aromatic rings. The summed E-state index contributed by atoms with van der Waals surface area (Å²) in [5, 5.41) is 19.9. The zero-order valence-electron chi connectivity index (χ0n) is 20.8. The molecule has 6 rings (SSSR count).